The molecule has 2 heterocycles. The van der Waals surface area contributed by atoms with Gasteiger partial charge in [-0.1, -0.05) is 18.2 Å². The minimum atomic E-state index is -4.44. The number of carbonyl (C=O) groups excluding carboxylic acids is 2. The molecular weight excluding hydrogens is 349 g/mol. The fourth-order valence-corrected chi connectivity index (χ4v) is 3.41. The maximum atomic E-state index is 13.4. The number of hydrogen-bond donors (Lipinski definition) is 3. The largest absolute Gasteiger partial charge is 0.405 e. The zero-order valence-electron chi connectivity index (χ0n) is 14.1. The third kappa shape index (κ3) is 4.16. The van der Waals surface area contributed by atoms with E-state index in [1.54, 1.807) is 24.3 Å². The number of piperazine rings is 1. The molecule has 2 aliphatic heterocycles. The first kappa shape index (κ1) is 18.7. The van der Waals surface area contributed by atoms with Crippen LogP contribution in [0.3, 0.4) is 0 Å². The van der Waals surface area contributed by atoms with E-state index in [4.69, 9.17) is 0 Å². The molecule has 1 fully saturated rings. The highest BCUT2D eigenvalue weighted by atomic mass is 19.4. The van der Waals surface area contributed by atoms with Crippen molar-refractivity contribution in [3.8, 4) is 0 Å². The Kier molecular flexibility index (Phi) is 5.47. The van der Waals surface area contributed by atoms with Gasteiger partial charge in [-0.2, -0.15) is 13.2 Å². The highest BCUT2D eigenvalue weighted by molar-refractivity contribution is 6.01. The summed E-state index contributed by atoms with van der Waals surface area (Å²) < 4.78 is 40.3. The normalized spacial score (nSPS) is 22.3. The molecule has 0 radical (unpaired) electrons. The summed E-state index contributed by atoms with van der Waals surface area (Å²) in [6.45, 7) is 0.986. The van der Waals surface area contributed by atoms with Gasteiger partial charge < -0.3 is 16.0 Å². The molecule has 2 amide bonds. The van der Waals surface area contributed by atoms with Gasteiger partial charge in [0.25, 0.3) is 0 Å². The van der Waals surface area contributed by atoms with Crippen molar-refractivity contribution in [2.45, 2.75) is 24.6 Å². The van der Waals surface area contributed by atoms with Gasteiger partial charge in [0.15, 0.2) is 0 Å². The van der Waals surface area contributed by atoms with Gasteiger partial charge in [-0.05, 0) is 11.6 Å². The van der Waals surface area contributed by atoms with Crippen LogP contribution in [-0.2, 0) is 9.59 Å². The number of nitrogens with one attached hydrogen (secondary N) is 3. The zero-order chi connectivity index (χ0) is 18.7. The summed E-state index contributed by atoms with van der Waals surface area (Å²) in [5, 5.41) is 8.10. The molecule has 2 aliphatic rings. The molecule has 1 saturated heterocycles. The zero-order valence-corrected chi connectivity index (χ0v) is 14.1. The molecule has 142 valence electrons. The lowest BCUT2D eigenvalue weighted by atomic mass is 9.90. The van der Waals surface area contributed by atoms with Crippen molar-refractivity contribution >= 4 is 17.5 Å². The molecule has 1 aromatic rings. The molecule has 1 aromatic carbocycles. The second-order valence-corrected chi connectivity index (χ2v) is 6.48. The fraction of sp³-hybridized carbons (Fsp3) is 0.529. The Morgan fingerprint density at radius 2 is 1.96 bits per heavy atom. The van der Waals surface area contributed by atoms with E-state index in [2.05, 4.69) is 16.0 Å². The number of halogens is 3. The molecule has 0 saturated carbocycles. The number of benzene rings is 1. The van der Waals surface area contributed by atoms with E-state index in [-0.39, 0.29) is 25.4 Å². The van der Waals surface area contributed by atoms with Crippen LogP contribution in [-0.4, -0.2) is 61.7 Å². The van der Waals surface area contributed by atoms with Crippen molar-refractivity contribution in [3.05, 3.63) is 29.8 Å². The quantitative estimate of drug-likeness (QED) is 0.741. The Hall–Kier alpha value is -2.13. The van der Waals surface area contributed by atoms with E-state index in [0.717, 1.165) is 0 Å². The average Bonchev–Trinajstić information content (AvgIpc) is 2.60. The Morgan fingerprint density at radius 3 is 2.65 bits per heavy atom. The van der Waals surface area contributed by atoms with Crippen LogP contribution in [0, 0.1) is 0 Å². The van der Waals surface area contributed by atoms with E-state index in [9.17, 15) is 22.8 Å². The number of fused-ring (bicyclic) bond motifs is 1. The smallest absolute Gasteiger partial charge is 0.354 e. The minimum Gasteiger partial charge on any atom is -0.354 e. The summed E-state index contributed by atoms with van der Waals surface area (Å²) >= 11 is 0. The van der Waals surface area contributed by atoms with Crippen molar-refractivity contribution in [1.29, 1.82) is 0 Å². The lowest BCUT2D eigenvalue weighted by molar-refractivity contribution is -0.184. The van der Waals surface area contributed by atoms with Crippen LogP contribution in [0.1, 0.15) is 17.9 Å². The van der Waals surface area contributed by atoms with Crippen molar-refractivity contribution in [3.63, 3.8) is 0 Å². The second-order valence-electron chi connectivity index (χ2n) is 6.48. The Morgan fingerprint density at radius 1 is 1.27 bits per heavy atom. The van der Waals surface area contributed by atoms with Gasteiger partial charge in [-0.15, -0.1) is 0 Å². The van der Waals surface area contributed by atoms with Crippen LogP contribution in [0.5, 0.6) is 0 Å². The standard InChI is InChI=1S/C17H21F3N4O2/c18-17(19,20)14(24-7-5-21-6-8-24)10-22-16(26)12-9-15(25)23-13-4-2-1-3-11(12)13/h1-4,12,14,21H,5-10H2,(H,22,26)(H,23,25). The third-order valence-electron chi connectivity index (χ3n) is 4.76. The maximum absolute atomic E-state index is 13.4. The summed E-state index contributed by atoms with van der Waals surface area (Å²) in [6.07, 6.45) is -4.51. The van der Waals surface area contributed by atoms with Gasteiger partial charge in [-0.25, -0.2) is 0 Å². The summed E-state index contributed by atoms with van der Waals surface area (Å²) in [7, 11) is 0. The first-order chi connectivity index (χ1) is 12.4. The molecular formula is C17H21F3N4O2. The molecule has 9 heteroatoms. The molecule has 0 aromatic heterocycles. The molecule has 6 nitrogen and oxygen atoms in total. The van der Waals surface area contributed by atoms with E-state index in [1.165, 1.54) is 4.90 Å². The van der Waals surface area contributed by atoms with Gasteiger partial charge in [-0.3, -0.25) is 14.5 Å². The van der Waals surface area contributed by atoms with Crippen LogP contribution in [0.4, 0.5) is 18.9 Å². The summed E-state index contributed by atoms with van der Waals surface area (Å²) in [5.74, 6) is -1.66. The topological polar surface area (TPSA) is 73.5 Å². The van der Waals surface area contributed by atoms with Gasteiger partial charge in [0, 0.05) is 44.8 Å². The minimum absolute atomic E-state index is 0.0762. The van der Waals surface area contributed by atoms with Crippen LogP contribution >= 0.6 is 0 Å². The lowest BCUT2D eigenvalue weighted by Crippen LogP contribution is -2.57. The third-order valence-corrected chi connectivity index (χ3v) is 4.76. The average molecular weight is 370 g/mol. The lowest BCUT2D eigenvalue weighted by Gasteiger charge is -2.36. The Bertz CT molecular complexity index is 674. The van der Waals surface area contributed by atoms with Gasteiger partial charge >= 0.3 is 6.18 Å². The first-order valence-electron chi connectivity index (χ1n) is 8.54. The number of anilines is 1. The maximum Gasteiger partial charge on any atom is 0.405 e. The molecule has 26 heavy (non-hydrogen) atoms. The number of rotatable bonds is 4. The highest BCUT2D eigenvalue weighted by Gasteiger charge is 2.44. The molecule has 0 aliphatic carbocycles. The summed E-state index contributed by atoms with van der Waals surface area (Å²) in [5.41, 5.74) is 1.15. The Balaban J connectivity index is 1.69. The summed E-state index contributed by atoms with van der Waals surface area (Å²) in [4.78, 5) is 25.7. The van der Waals surface area contributed by atoms with Crippen molar-refractivity contribution < 1.29 is 22.8 Å². The van der Waals surface area contributed by atoms with Crippen LogP contribution in [0.25, 0.3) is 0 Å². The van der Waals surface area contributed by atoms with Gasteiger partial charge in [0.1, 0.15) is 6.04 Å². The molecule has 2 atom stereocenters. The molecule has 3 N–H and O–H groups in total. The summed E-state index contributed by atoms with van der Waals surface area (Å²) in [6, 6.07) is 5.10. The van der Waals surface area contributed by atoms with Crippen molar-refractivity contribution in [2.24, 2.45) is 0 Å². The number of amides is 2. The number of hydrogen-bond acceptors (Lipinski definition) is 4. The van der Waals surface area contributed by atoms with Gasteiger partial charge in [0.2, 0.25) is 11.8 Å². The number of nitrogens with zero attached hydrogens (tertiary/aromatic N) is 1. The number of alkyl halides is 3. The highest BCUT2D eigenvalue weighted by Crippen LogP contribution is 2.32. The predicted octanol–water partition coefficient (Wildman–Crippen LogP) is 1.06. The number of para-hydroxylation sites is 1. The molecule has 2 unspecified atom stereocenters. The van der Waals surface area contributed by atoms with Crippen LogP contribution < -0.4 is 16.0 Å². The van der Waals surface area contributed by atoms with E-state index in [1.807, 2.05) is 0 Å². The second kappa shape index (κ2) is 7.63. The molecule has 0 bridgehead atoms. The monoisotopic (exact) mass is 370 g/mol. The van der Waals surface area contributed by atoms with Crippen molar-refractivity contribution in [2.75, 3.05) is 38.0 Å². The van der Waals surface area contributed by atoms with E-state index in [0.29, 0.717) is 24.3 Å². The Labute approximate surface area is 149 Å². The van der Waals surface area contributed by atoms with E-state index < -0.39 is 30.6 Å². The van der Waals surface area contributed by atoms with E-state index >= 15 is 0 Å². The van der Waals surface area contributed by atoms with Crippen molar-refractivity contribution in [1.82, 2.24) is 15.5 Å². The molecule has 3 rings (SSSR count). The first-order valence-corrected chi connectivity index (χ1v) is 8.54. The molecule has 0 spiro atoms. The SMILES string of the molecule is O=C1CC(C(=O)NCC(N2CCNCC2)C(F)(F)F)c2ccccc2N1. The van der Waals surface area contributed by atoms with Crippen LogP contribution in [0.2, 0.25) is 0 Å². The van der Waals surface area contributed by atoms with Gasteiger partial charge in [0.05, 0.1) is 5.92 Å². The predicted molar refractivity (Wildman–Crippen MR) is 89.7 cm³/mol. The number of carbonyl (C=O) groups is 2. The van der Waals surface area contributed by atoms with Crippen LogP contribution in [0.15, 0.2) is 24.3 Å². The fourth-order valence-electron chi connectivity index (χ4n) is 3.41.